The molecule has 0 aliphatic carbocycles. The normalized spacial score (nSPS) is 20.6. The molecule has 0 bridgehead atoms. The van der Waals surface area contributed by atoms with Crippen molar-refractivity contribution in [3.63, 3.8) is 0 Å². The summed E-state index contributed by atoms with van der Waals surface area (Å²) in [6.07, 6.45) is -0.0672. The Morgan fingerprint density at radius 3 is 1.41 bits per heavy atom. The van der Waals surface area contributed by atoms with E-state index < -0.39 is 91.1 Å². The minimum atomic E-state index is -2.21. The lowest BCUT2D eigenvalue weighted by Crippen LogP contribution is -2.61. The molecule has 0 aromatic rings. The van der Waals surface area contributed by atoms with Crippen LogP contribution in [0.3, 0.4) is 0 Å². The van der Waals surface area contributed by atoms with Crippen LogP contribution in [0.25, 0.3) is 0 Å². The molecule has 2 aliphatic heterocycles. The Kier molecular flexibility index (Phi) is 28.8. The molecule has 75 heavy (non-hydrogen) atoms. The van der Waals surface area contributed by atoms with Crippen molar-refractivity contribution in [3.8, 4) is 0 Å². The molecular formula is C52H98N4O18Si. The van der Waals surface area contributed by atoms with Crippen molar-refractivity contribution in [2.45, 2.75) is 228 Å². The van der Waals surface area contributed by atoms with Crippen LogP contribution in [-0.4, -0.2) is 171 Å². The maximum atomic E-state index is 12.6. The van der Waals surface area contributed by atoms with Gasteiger partial charge in [-0.2, -0.15) is 0 Å². The number of amides is 4. The molecule has 2 aliphatic rings. The van der Waals surface area contributed by atoms with E-state index in [0.717, 1.165) is 0 Å². The Morgan fingerprint density at radius 2 is 1.12 bits per heavy atom. The molecule has 0 saturated carbocycles. The van der Waals surface area contributed by atoms with Gasteiger partial charge in [0.05, 0.1) is 47.8 Å². The molecule has 2 rings (SSSR count). The van der Waals surface area contributed by atoms with Crippen molar-refractivity contribution < 1.29 is 86.2 Å². The van der Waals surface area contributed by atoms with Crippen LogP contribution in [0.2, 0.25) is 16.6 Å². The van der Waals surface area contributed by atoms with Crippen LogP contribution >= 0.6 is 0 Å². The Balaban J connectivity index is 0. The number of carboxylic acids is 1. The summed E-state index contributed by atoms with van der Waals surface area (Å²) in [5.74, 6) is -2.66. The van der Waals surface area contributed by atoms with E-state index in [2.05, 4.69) is 56.9 Å². The van der Waals surface area contributed by atoms with E-state index in [1.807, 2.05) is 55.4 Å². The summed E-state index contributed by atoms with van der Waals surface area (Å²) in [6, 6.07) is -0.614. The van der Waals surface area contributed by atoms with Crippen LogP contribution < -0.4 is 10.6 Å². The lowest BCUT2D eigenvalue weighted by atomic mass is 9.90. The van der Waals surface area contributed by atoms with E-state index >= 15 is 0 Å². The van der Waals surface area contributed by atoms with Crippen LogP contribution in [0.15, 0.2) is 0 Å². The number of hydrogen-bond acceptors (Lipinski definition) is 17. The first-order chi connectivity index (χ1) is 34.1. The number of carbonyl (C=O) groups is 8. The van der Waals surface area contributed by atoms with E-state index in [1.54, 1.807) is 48.5 Å². The SMILES string of the molecule is CC[C@@](CO)(NC(=O)OC(C)(C)C)C(=O)O.CC[C@@](CO[Si](C(C)C)(C(C)C)C(C)C)(NC(=O)OC(C)(C)C)C(=O)OC.CC[C@@]1(C(=O)OC)CO[C@H](C(C)(C)C)N1C=O.COC(=O)[C@@H]1CO[C@H](C(C)(C)C)N1C=O. The average Bonchev–Trinajstić information content (AvgIpc) is 3.92. The lowest BCUT2D eigenvalue weighted by molar-refractivity contribution is -0.158. The Bertz CT molecular complexity index is 1830. The number of carboxylic acid groups (broad SMARTS) is 1. The van der Waals surface area contributed by atoms with Crippen molar-refractivity contribution >= 4 is 57.2 Å². The molecule has 0 aromatic heterocycles. The fourth-order valence-electron chi connectivity index (χ4n) is 8.81. The third-order valence-electron chi connectivity index (χ3n) is 12.8. The van der Waals surface area contributed by atoms with Gasteiger partial charge in [-0.05, 0) is 77.4 Å². The van der Waals surface area contributed by atoms with Crippen LogP contribution in [0, 0.1) is 10.8 Å². The average molecular weight is 1100 g/mol. The quantitative estimate of drug-likeness (QED) is 0.0453. The molecule has 2 heterocycles. The van der Waals surface area contributed by atoms with Crippen LogP contribution in [0.4, 0.5) is 9.59 Å². The van der Waals surface area contributed by atoms with Gasteiger partial charge in [-0.1, -0.05) is 104 Å². The third kappa shape index (κ3) is 20.1. The number of hydrogen-bond donors (Lipinski definition) is 4. The lowest BCUT2D eigenvalue weighted by Gasteiger charge is -2.44. The zero-order valence-corrected chi connectivity index (χ0v) is 50.9. The van der Waals surface area contributed by atoms with Gasteiger partial charge in [-0.15, -0.1) is 0 Å². The predicted molar refractivity (Wildman–Crippen MR) is 284 cm³/mol. The fraction of sp³-hybridized carbons (Fsp3) is 0.846. The van der Waals surface area contributed by atoms with Gasteiger partial charge in [-0.3, -0.25) is 14.5 Å². The molecule has 0 unspecified atom stereocenters. The highest BCUT2D eigenvalue weighted by Gasteiger charge is 2.55. The number of aliphatic hydroxyl groups excluding tert-OH is 1. The third-order valence-corrected chi connectivity index (χ3v) is 18.9. The van der Waals surface area contributed by atoms with Gasteiger partial charge in [0.1, 0.15) is 23.7 Å². The first-order valence-electron chi connectivity index (χ1n) is 25.5. The number of aliphatic carboxylic acids is 1. The van der Waals surface area contributed by atoms with Gasteiger partial charge in [0.25, 0.3) is 0 Å². The summed E-state index contributed by atoms with van der Waals surface area (Å²) >= 11 is 0. The van der Waals surface area contributed by atoms with Gasteiger partial charge < -0.3 is 63.3 Å². The second-order valence-electron chi connectivity index (χ2n) is 23.7. The van der Waals surface area contributed by atoms with Crippen molar-refractivity contribution in [1.82, 2.24) is 20.4 Å². The molecule has 4 amide bonds. The van der Waals surface area contributed by atoms with Gasteiger partial charge >= 0.3 is 36.1 Å². The van der Waals surface area contributed by atoms with Gasteiger partial charge in [-0.25, -0.2) is 28.8 Å². The summed E-state index contributed by atoms with van der Waals surface area (Å²) < 4.78 is 42.4. The molecule has 6 atom stereocenters. The molecule has 0 spiro atoms. The standard InChI is InChI=1S/C20H41NO5Si.C12H21NO4.C10H19NO5.C10H17NO4/c1-12-20(17(22)24-11,21-18(23)26-19(8,9)10)13-25-27(14(2)3,15(4)5)16(6)7;1-6-12(10(15)16-5)7-17-9(11(2,3)4)13(12)8-14;1-5-10(6-12,7(13)14)11-8(15)16-9(2,3)4;1-10(2,3)9-11(6-12)7(5-15-9)8(13)14-4/h14-16H,12-13H2,1-11H3,(H,21,23);8-9H,6-7H2,1-5H3;12H,5-6H2,1-4H3,(H,11,15)(H,13,14);6-7,9H,5H2,1-4H3/t20-;9-,12+;10-;7-,9+/m0100/s1. The number of aliphatic hydroxyl groups is 1. The molecule has 438 valence electrons. The number of methoxy groups -OCH3 is 3. The van der Waals surface area contributed by atoms with E-state index in [0.29, 0.717) is 42.3 Å². The number of carbonyl (C=O) groups excluding carboxylic acids is 7. The number of alkyl carbamates (subject to hydrolysis) is 2. The van der Waals surface area contributed by atoms with E-state index in [4.69, 9.17) is 43.1 Å². The molecule has 4 N–H and O–H groups in total. The summed E-state index contributed by atoms with van der Waals surface area (Å²) in [4.78, 5) is 95.7. The molecule has 0 radical (unpaired) electrons. The Hall–Kier alpha value is -4.58. The first-order valence-corrected chi connectivity index (χ1v) is 27.7. The zero-order chi connectivity index (χ0) is 59.5. The fourth-order valence-corrected chi connectivity index (χ4v) is 14.3. The molecule has 2 saturated heterocycles. The number of esters is 3. The minimum absolute atomic E-state index is 0.0675. The summed E-state index contributed by atoms with van der Waals surface area (Å²) in [7, 11) is 1.74. The highest BCUT2D eigenvalue weighted by molar-refractivity contribution is 6.77. The topological polar surface area (TPSA) is 281 Å². The van der Waals surface area contributed by atoms with Crippen molar-refractivity contribution in [3.05, 3.63) is 0 Å². The number of nitrogens with one attached hydrogen (secondary N) is 2. The maximum absolute atomic E-state index is 12.6. The highest BCUT2D eigenvalue weighted by atomic mass is 28.4. The van der Waals surface area contributed by atoms with E-state index in [9.17, 15) is 38.4 Å². The molecule has 2 fully saturated rings. The molecule has 23 heteroatoms. The van der Waals surface area contributed by atoms with E-state index in [-0.39, 0.29) is 43.3 Å². The van der Waals surface area contributed by atoms with Gasteiger partial charge in [0, 0.05) is 10.8 Å². The second-order valence-corrected chi connectivity index (χ2v) is 29.2. The molecule has 22 nitrogen and oxygen atoms in total. The van der Waals surface area contributed by atoms with Crippen LogP contribution in [0.5, 0.6) is 0 Å². The Labute approximate surface area is 448 Å². The molecular weight excluding hydrogens is 997 g/mol. The monoisotopic (exact) mass is 1090 g/mol. The van der Waals surface area contributed by atoms with Crippen molar-refractivity contribution in [2.24, 2.45) is 10.8 Å². The number of ether oxygens (including phenoxy) is 7. The van der Waals surface area contributed by atoms with Crippen LogP contribution in [-0.2, 0) is 66.4 Å². The van der Waals surface area contributed by atoms with Crippen molar-refractivity contribution in [1.29, 1.82) is 0 Å². The number of rotatable bonds is 18. The summed E-state index contributed by atoms with van der Waals surface area (Å²) in [5, 5.41) is 22.9. The van der Waals surface area contributed by atoms with Crippen molar-refractivity contribution in [2.75, 3.05) is 47.8 Å². The smallest absolute Gasteiger partial charge is 0.408 e. The van der Waals surface area contributed by atoms with Gasteiger partial charge in [0.15, 0.2) is 31.0 Å². The second kappa shape index (κ2) is 29.8. The summed E-state index contributed by atoms with van der Waals surface area (Å²) in [5.41, 5.74) is -4.66. The highest BCUT2D eigenvalue weighted by Crippen LogP contribution is 2.43. The molecule has 0 aromatic carbocycles. The Morgan fingerprint density at radius 1 is 0.680 bits per heavy atom. The largest absolute Gasteiger partial charge is 0.479 e. The zero-order valence-electron chi connectivity index (χ0n) is 49.9. The van der Waals surface area contributed by atoms with Crippen LogP contribution in [0.1, 0.15) is 165 Å². The van der Waals surface area contributed by atoms with E-state index in [1.165, 1.54) is 31.1 Å². The van der Waals surface area contributed by atoms with Gasteiger partial charge in [0.2, 0.25) is 12.8 Å². The number of nitrogens with zero attached hydrogens (tertiary/aromatic N) is 2. The first kappa shape index (κ1) is 72.5. The predicted octanol–water partition coefficient (Wildman–Crippen LogP) is 7.32. The maximum Gasteiger partial charge on any atom is 0.408 e. The summed E-state index contributed by atoms with van der Waals surface area (Å²) in [6.45, 7) is 40.2. The minimum Gasteiger partial charge on any atom is -0.479 e.